The molecule has 0 radical (unpaired) electrons. The fraction of sp³-hybridized carbons (Fsp3) is 0.286. The van der Waals surface area contributed by atoms with Crippen LogP contribution in [0.2, 0.25) is 0 Å². The quantitative estimate of drug-likeness (QED) is 0.265. The number of pyridine rings is 1. The van der Waals surface area contributed by atoms with Crippen LogP contribution in [0.25, 0.3) is 0 Å². The molecule has 0 amide bonds. The summed E-state index contributed by atoms with van der Waals surface area (Å²) in [5, 5.41) is 10.6. The smallest absolute Gasteiger partial charge is 0.398 e. The van der Waals surface area contributed by atoms with E-state index in [0.29, 0.717) is 6.20 Å². The van der Waals surface area contributed by atoms with E-state index < -0.39 is 22.7 Å². The molecule has 0 saturated carbocycles. The summed E-state index contributed by atoms with van der Waals surface area (Å²) < 4.78 is 40.1. The Morgan fingerprint density at radius 2 is 2.18 bits per heavy atom. The van der Waals surface area contributed by atoms with E-state index in [9.17, 15) is 23.3 Å². The van der Waals surface area contributed by atoms with E-state index in [1.807, 2.05) is 0 Å². The van der Waals surface area contributed by atoms with E-state index in [1.54, 1.807) is 22.6 Å². The zero-order chi connectivity index (χ0) is 13.2. The van der Waals surface area contributed by atoms with Crippen molar-refractivity contribution in [2.45, 2.75) is 12.2 Å². The van der Waals surface area contributed by atoms with Crippen LogP contribution < -0.4 is 4.74 Å². The van der Waals surface area contributed by atoms with Crippen LogP contribution in [0.15, 0.2) is 6.20 Å². The molecule has 0 bridgehead atoms. The molecule has 0 aliphatic carbocycles. The maximum absolute atomic E-state index is 12.1. The molecule has 0 aliphatic rings. The highest BCUT2D eigenvalue weighted by atomic mass is 127. The molecule has 1 aromatic rings. The Labute approximate surface area is 111 Å². The molecular formula is C7H3ClF3IN2O3. The van der Waals surface area contributed by atoms with Gasteiger partial charge in [-0.1, -0.05) is 0 Å². The molecule has 0 spiro atoms. The van der Waals surface area contributed by atoms with Gasteiger partial charge in [-0.25, -0.2) is 4.98 Å². The second-order valence-corrected chi connectivity index (χ2v) is 3.97. The number of nitrogens with zero attached hydrogens (tertiary/aromatic N) is 2. The molecule has 10 heteroatoms. The minimum Gasteiger partial charge on any atom is -0.398 e. The van der Waals surface area contributed by atoms with Gasteiger partial charge < -0.3 is 4.74 Å². The lowest BCUT2D eigenvalue weighted by Gasteiger charge is -2.12. The Hall–Kier alpha value is -0.840. The molecule has 94 valence electrons. The molecule has 0 unspecified atom stereocenters. The fourth-order valence-corrected chi connectivity index (χ4v) is 2.03. The zero-order valence-electron chi connectivity index (χ0n) is 7.79. The average molecular weight is 382 g/mol. The zero-order valence-corrected chi connectivity index (χ0v) is 10.7. The van der Waals surface area contributed by atoms with Gasteiger partial charge in [-0.05, 0) is 22.6 Å². The van der Waals surface area contributed by atoms with Gasteiger partial charge in [0.1, 0.15) is 9.90 Å². The van der Waals surface area contributed by atoms with Crippen LogP contribution in [0.3, 0.4) is 0 Å². The van der Waals surface area contributed by atoms with Crippen molar-refractivity contribution in [2.24, 2.45) is 0 Å². The lowest BCUT2D eigenvalue weighted by molar-refractivity contribution is -0.389. The molecule has 0 saturated heterocycles. The van der Waals surface area contributed by atoms with Crippen molar-refractivity contribution >= 4 is 39.9 Å². The summed E-state index contributed by atoms with van der Waals surface area (Å²) in [4.78, 5) is 13.1. The summed E-state index contributed by atoms with van der Waals surface area (Å²) in [5.74, 6) is -1.30. The predicted octanol–water partition coefficient (Wildman–Crippen LogP) is 3.23. The molecule has 0 atom stereocenters. The topological polar surface area (TPSA) is 65.3 Å². The average Bonchev–Trinajstić information content (AvgIpc) is 2.15. The van der Waals surface area contributed by atoms with Gasteiger partial charge in [0.15, 0.2) is 0 Å². The summed E-state index contributed by atoms with van der Waals surface area (Å²) in [6.45, 7) is 0. The Bertz CT molecular complexity index is 455. The number of hydrogen-bond donors (Lipinski definition) is 0. The van der Waals surface area contributed by atoms with E-state index in [1.165, 1.54) is 0 Å². The number of nitro groups is 1. The predicted molar refractivity (Wildman–Crippen MR) is 59.8 cm³/mol. The molecule has 0 fully saturated rings. The monoisotopic (exact) mass is 382 g/mol. The molecule has 0 N–H and O–H groups in total. The summed E-state index contributed by atoms with van der Waals surface area (Å²) in [6.07, 6.45) is -4.34. The van der Waals surface area contributed by atoms with Crippen LogP contribution in [0, 0.1) is 13.8 Å². The Morgan fingerprint density at radius 3 is 2.59 bits per heavy atom. The first-order chi connectivity index (χ1) is 7.76. The summed E-state index contributed by atoms with van der Waals surface area (Å²) >= 11 is 7.04. The molecule has 1 rings (SSSR count). The van der Waals surface area contributed by atoms with Crippen molar-refractivity contribution in [3.8, 4) is 5.75 Å². The fourth-order valence-electron chi connectivity index (χ4n) is 0.978. The van der Waals surface area contributed by atoms with Crippen molar-refractivity contribution < 1.29 is 22.8 Å². The van der Waals surface area contributed by atoms with E-state index in [2.05, 4.69) is 9.72 Å². The Balaban J connectivity index is 3.39. The van der Waals surface area contributed by atoms with E-state index in [-0.39, 0.29) is 15.1 Å². The van der Waals surface area contributed by atoms with Crippen molar-refractivity contribution in [1.82, 2.24) is 4.98 Å². The van der Waals surface area contributed by atoms with E-state index >= 15 is 0 Å². The molecule has 1 heterocycles. The van der Waals surface area contributed by atoms with Crippen LogP contribution in [0.1, 0.15) is 5.56 Å². The van der Waals surface area contributed by atoms with Crippen molar-refractivity contribution in [1.29, 1.82) is 0 Å². The molecule has 1 aromatic heterocycles. The minimum atomic E-state index is -5.03. The van der Waals surface area contributed by atoms with Gasteiger partial charge in [-0.15, -0.1) is 24.8 Å². The van der Waals surface area contributed by atoms with Gasteiger partial charge in [-0.3, -0.25) is 10.1 Å². The van der Waals surface area contributed by atoms with Crippen molar-refractivity contribution in [3.05, 3.63) is 25.6 Å². The van der Waals surface area contributed by atoms with Gasteiger partial charge >= 0.3 is 12.0 Å². The number of hydrogen-bond acceptors (Lipinski definition) is 4. The minimum absolute atomic E-state index is 0.113. The molecule has 0 aromatic carbocycles. The number of halogens is 5. The maximum atomic E-state index is 12.1. The lowest BCUT2D eigenvalue weighted by atomic mass is 10.2. The lowest BCUT2D eigenvalue weighted by Crippen LogP contribution is -2.19. The van der Waals surface area contributed by atoms with Crippen LogP contribution in [0.4, 0.5) is 18.9 Å². The number of rotatable bonds is 3. The standard InChI is InChI=1S/C7H3ClF3IN2O3/c8-1-3-5(17-7(9,10)11)4(14(15)16)2-13-6(3)12/h2H,1H2. The number of alkyl halides is 4. The van der Waals surface area contributed by atoms with E-state index in [4.69, 9.17) is 11.6 Å². The third-order valence-electron chi connectivity index (χ3n) is 1.60. The Kier molecular flexibility index (Phi) is 4.36. The molecule has 17 heavy (non-hydrogen) atoms. The van der Waals surface area contributed by atoms with Gasteiger partial charge in [0.2, 0.25) is 5.75 Å². The normalized spacial score (nSPS) is 11.4. The highest BCUT2D eigenvalue weighted by Gasteiger charge is 2.36. The molecular weight excluding hydrogens is 379 g/mol. The van der Waals surface area contributed by atoms with Crippen LogP contribution >= 0.6 is 34.2 Å². The molecule has 0 aliphatic heterocycles. The molecule has 5 nitrogen and oxygen atoms in total. The first-order valence-electron chi connectivity index (χ1n) is 3.89. The maximum Gasteiger partial charge on any atom is 0.573 e. The van der Waals surface area contributed by atoms with E-state index in [0.717, 1.165) is 0 Å². The second-order valence-electron chi connectivity index (χ2n) is 2.68. The number of ether oxygens (including phenoxy) is 1. The largest absolute Gasteiger partial charge is 0.573 e. The summed E-state index contributed by atoms with van der Waals surface area (Å²) in [6, 6.07) is 0. The van der Waals surface area contributed by atoms with Gasteiger partial charge in [0, 0.05) is 5.56 Å². The first kappa shape index (κ1) is 14.2. The van der Waals surface area contributed by atoms with Crippen molar-refractivity contribution in [2.75, 3.05) is 0 Å². The van der Waals surface area contributed by atoms with Gasteiger partial charge in [0.05, 0.1) is 10.8 Å². The van der Waals surface area contributed by atoms with Crippen LogP contribution in [-0.4, -0.2) is 16.3 Å². The second kappa shape index (κ2) is 5.21. The number of aromatic nitrogens is 1. The van der Waals surface area contributed by atoms with Crippen LogP contribution in [-0.2, 0) is 5.88 Å². The SMILES string of the molecule is O=[N+]([O-])c1cnc(I)c(CCl)c1OC(F)(F)F. The van der Waals surface area contributed by atoms with Gasteiger partial charge in [-0.2, -0.15) is 0 Å². The summed E-state index contributed by atoms with van der Waals surface area (Å²) in [7, 11) is 0. The van der Waals surface area contributed by atoms with Gasteiger partial charge in [0.25, 0.3) is 0 Å². The Morgan fingerprint density at radius 1 is 1.59 bits per heavy atom. The highest BCUT2D eigenvalue weighted by molar-refractivity contribution is 14.1. The third kappa shape index (κ3) is 3.56. The first-order valence-corrected chi connectivity index (χ1v) is 5.51. The summed E-state index contributed by atoms with van der Waals surface area (Å²) in [5.41, 5.74) is -1.04. The van der Waals surface area contributed by atoms with Crippen LogP contribution in [0.5, 0.6) is 5.75 Å². The third-order valence-corrected chi connectivity index (χ3v) is 2.80. The van der Waals surface area contributed by atoms with Crippen molar-refractivity contribution in [3.63, 3.8) is 0 Å². The highest BCUT2D eigenvalue weighted by Crippen LogP contribution is 2.37.